The molecule has 0 unspecified atom stereocenters. The number of rotatable bonds is 4. The number of carbonyl (C=O) groups is 1. The Morgan fingerprint density at radius 2 is 2.06 bits per heavy atom. The fraction of sp³-hybridized carbons (Fsp3) is 0.462. The third-order valence-electron chi connectivity index (χ3n) is 2.98. The minimum absolute atomic E-state index is 0.1000. The second kappa shape index (κ2) is 4.76. The van der Waals surface area contributed by atoms with Gasteiger partial charge in [0.25, 0.3) is 0 Å². The Labute approximate surface area is 106 Å². The van der Waals surface area contributed by atoms with Crippen LogP contribution in [0.25, 0.3) is 0 Å². The van der Waals surface area contributed by atoms with Crippen LogP contribution in [0.15, 0.2) is 12.3 Å². The van der Waals surface area contributed by atoms with E-state index in [0.29, 0.717) is 6.42 Å². The monoisotopic (exact) mass is 246 g/mol. The summed E-state index contributed by atoms with van der Waals surface area (Å²) in [5, 5.41) is 8.54. The van der Waals surface area contributed by atoms with Gasteiger partial charge in [0, 0.05) is 26.0 Å². The number of carbonyl (C=O) groups excluding carboxylic acids is 1. The third-order valence-corrected chi connectivity index (χ3v) is 2.98. The summed E-state index contributed by atoms with van der Waals surface area (Å²) >= 11 is 0. The van der Waals surface area contributed by atoms with Crippen LogP contribution in [0.2, 0.25) is 0 Å². The summed E-state index contributed by atoms with van der Waals surface area (Å²) in [7, 11) is 3.70. The molecular formula is C13H18N4O. The Bertz CT molecular complexity index is 580. The molecule has 0 N–H and O–H groups in total. The summed E-state index contributed by atoms with van der Waals surface area (Å²) < 4.78 is 3.45. The maximum absolute atomic E-state index is 12.3. The van der Waals surface area contributed by atoms with E-state index >= 15 is 0 Å². The fourth-order valence-electron chi connectivity index (χ4n) is 2.12. The van der Waals surface area contributed by atoms with Crippen LogP contribution in [0.3, 0.4) is 0 Å². The van der Waals surface area contributed by atoms with Crippen molar-refractivity contribution in [3.8, 4) is 0 Å². The number of nitrogens with zero attached hydrogens (tertiary/aromatic N) is 4. The molecule has 0 aromatic carbocycles. The van der Waals surface area contributed by atoms with Gasteiger partial charge in [-0.25, -0.2) is 0 Å². The molecule has 5 nitrogen and oxygen atoms in total. The fourth-order valence-corrected chi connectivity index (χ4v) is 2.12. The van der Waals surface area contributed by atoms with Gasteiger partial charge in [0.05, 0.1) is 23.4 Å². The standard InChI is InChI=1S/C13H18N4O/c1-5-12-11(8-16(3)15-12)13(18)7-10-6-9(2)14-17(10)4/h6,8H,5,7H2,1-4H3. The minimum Gasteiger partial charge on any atom is -0.294 e. The molecule has 2 aromatic heterocycles. The predicted molar refractivity (Wildman–Crippen MR) is 68.6 cm³/mol. The van der Waals surface area contributed by atoms with Gasteiger partial charge >= 0.3 is 0 Å². The van der Waals surface area contributed by atoms with Crippen LogP contribution in [-0.2, 0) is 26.9 Å². The summed E-state index contributed by atoms with van der Waals surface area (Å²) in [5.74, 6) is 0.1000. The molecule has 0 amide bonds. The van der Waals surface area contributed by atoms with Gasteiger partial charge in [-0.3, -0.25) is 14.2 Å². The first-order chi connectivity index (χ1) is 8.51. The predicted octanol–water partition coefficient (Wildman–Crippen LogP) is 1.45. The maximum atomic E-state index is 12.3. The summed E-state index contributed by atoms with van der Waals surface area (Å²) in [6.07, 6.45) is 2.94. The van der Waals surface area contributed by atoms with Crippen LogP contribution in [-0.4, -0.2) is 25.3 Å². The van der Waals surface area contributed by atoms with Gasteiger partial charge in [-0.15, -0.1) is 0 Å². The van der Waals surface area contributed by atoms with E-state index in [-0.39, 0.29) is 5.78 Å². The molecule has 0 saturated heterocycles. The molecule has 0 aliphatic heterocycles. The van der Waals surface area contributed by atoms with E-state index in [1.807, 2.05) is 34.0 Å². The SMILES string of the molecule is CCc1nn(C)cc1C(=O)Cc1cc(C)nn1C. The van der Waals surface area contributed by atoms with E-state index in [1.165, 1.54) is 0 Å². The van der Waals surface area contributed by atoms with Crippen LogP contribution in [0.1, 0.15) is 34.4 Å². The number of ketones is 1. The van der Waals surface area contributed by atoms with Gasteiger partial charge in [-0.1, -0.05) is 6.92 Å². The van der Waals surface area contributed by atoms with Crippen molar-refractivity contribution >= 4 is 5.78 Å². The molecule has 5 heteroatoms. The highest BCUT2D eigenvalue weighted by atomic mass is 16.1. The zero-order valence-electron chi connectivity index (χ0n) is 11.3. The lowest BCUT2D eigenvalue weighted by Crippen LogP contribution is -2.09. The molecule has 2 aromatic rings. The van der Waals surface area contributed by atoms with Crippen LogP contribution in [0.5, 0.6) is 0 Å². The van der Waals surface area contributed by atoms with Crippen molar-refractivity contribution < 1.29 is 4.79 Å². The van der Waals surface area contributed by atoms with Crippen LogP contribution < -0.4 is 0 Å². The van der Waals surface area contributed by atoms with E-state index in [2.05, 4.69) is 10.2 Å². The van der Waals surface area contributed by atoms with Crippen molar-refractivity contribution in [2.75, 3.05) is 0 Å². The highest BCUT2D eigenvalue weighted by Gasteiger charge is 2.16. The van der Waals surface area contributed by atoms with Crippen molar-refractivity contribution in [3.05, 3.63) is 34.9 Å². The van der Waals surface area contributed by atoms with Gasteiger partial charge in [0.15, 0.2) is 5.78 Å². The normalized spacial score (nSPS) is 10.9. The van der Waals surface area contributed by atoms with Gasteiger partial charge < -0.3 is 0 Å². The smallest absolute Gasteiger partial charge is 0.172 e. The second-order valence-corrected chi connectivity index (χ2v) is 4.52. The minimum atomic E-state index is 0.1000. The Hall–Kier alpha value is -1.91. The lowest BCUT2D eigenvalue weighted by Gasteiger charge is -2.01. The first-order valence-corrected chi connectivity index (χ1v) is 6.06. The lowest BCUT2D eigenvalue weighted by molar-refractivity contribution is 0.0990. The van der Waals surface area contributed by atoms with Crippen molar-refractivity contribution in [1.29, 1.82) is 0 Å². The number of hydrogen-bond donors (Lipinski definition) is 0. The van der Waals surface area contributed by atoms with E-state index < -0.39 is 0 Å². The molecule has 18 heavy (non-hydrogen) atoms. The summed E-state index contributed by atoms with van der Waals surface area (Å²) in [6, 6.07) is 1.94. The second-order valence-electron chi connectivity index (χ2n) is 4.52. The molecule has 0 aliphatic carbocycles. The molecule has 0 spiro atoms. The topological polar surface area (TPSA) is 52.7 Å². The quantitative estimate of drug-likeness (QED) is 0.767. The number of aryl methyl sites for hydroxylation is 4. The third kappa shape index (κ3) is 2.34. The van der Waals surface area contributed by atoms with Crippen LogP contribution in [0, 0.1) is 6.92 Å². The van der Waals surface area contributed by atoms with Crippen LogP contribution in [0.4, 0.5) is 0 Å². The van der Waals surface area contributed by atoms with E-state index in [9.17, 15) is 4.79 Å². The number of Topliss-reactive ketones (excluding diaryl/α,β-unsaturated/α-hetero) is 1. The Morgan fingerprint density at radius 1 is 1.33 bits per heavy atom. The molecule has 0 aliphatic rings. The average molecular weight is 246 g/mol. The van der Waals surface area contributed by atoms with Crippen molar-refractivity contribution in [2.24, 2.45) is 14.1 Å². The Morgan fingerprint density at radius 3 is 2.61 bits per heavy atom. The van der Waals surface area contributed by atoms with Crippen molar-refractivity contribution in [3.63, 3.8) is 0 Å². The Balaban J connectivity index is 2.24. The van der Waals surface area contributed by atoms with Crippen molar-refractivity contribution in [2.45, 2.75) is 26.7 Å². The maximum Gasteiger partial charge on any atom is 0.172 e. The zero-order chi connectivity index (χ0) is 13.3. The first-order valence-electron chi connectivity index (χ1n) is 6.06. The largest absolute Gasteiger partial charge is 0.294 e. The highest BCUT2D eigenvalue weighted by Crippen LogP contribution is 2.12. The van der Waals surface area contributed by atoms with Gasteiger partial charge in [-0.05, 0) is 19.4 Å². The zero-order valence-corrected chi connectivity index (χ0v) is 11.3. The molecule has 0 fully saturated rings. The molecule has 0 radical (unpaired) electrons. The average Bonchev–Trinajstić information content (AvgIpc) is 2.82. The lowest BCUT2D eigenvalue weighted by atomic mass is 10.1. The summed E-state index contributed by atoms with van der Waals surface area (Å²) in [5.41, 5.74) is 3.45. The summed E-state index contributed by atoms with van der Waals surface area (Å²) in [6.45, 7) is 3.93. The van der Waals surface area contributed by atoms with E-state index in [1.54, 1.807) is 15.6 Å². The Kier molecular flexibility index (Phi) is 3.32. The molecule has 2 rings (SSSR count). The van der Waals surface area contributed by atoms with E-state index in [4.69, 9.17) is 0 Å². The molecule has 0 saturated carbocycles. The molecular weight excluding hydrogens is 228 g/mol. The highest BCUT2D eigenvalue weighted by molar-refractivity contribution is 5.98. The number of hydrogen-bond acceptors (Lipinski definition) is 3. The van der Waals surface area contributed by atoms with Gasteiger partial charge in [-0.2, -0.15) is 10.2 Å². The molecule has 0 atom stereocenters. The van der Waals surface area contributed by atoms with E-state index in [0.717, 1.165) is 29.1 Å². The summed E-state index contributed by atoms with van der Waals surface area (Å²) in [4.78, 5) is 12.3. The van der Waals surface area contributed by atoms with Gasteiger partial charge in [0.1, 0.15) is 0 Å². The molecule has 0 bridgehead atoms. The van der Waals surface area contributed by atoms with Gasteiger partial charge in [0.2, 0.25) is 0 Å². The molecule has 96 valence electrons. The number of aromatic nitrogens is 4. The first kappa shape index (κ1) is 12.5. The molecule has 2 heterocycles. The van der Waals surface area contributed by atoms with Crippen LogP contribution >= 0.6 is 0 Å². The van der Waals surface area contributed by atoms with Crippen molar-refractivity contribution in [1.82, 2.24) is 19.6 Å².